The summed E-state index contributed by atoms with van der Waals surface area (Å²) >= 11 is 1.48. The highest BCUT2D eigenvalue weighted by Crippen LogP contribution is 2.36. The molecule has 0 saturated heterocycles. The van der Waals surface area contributed by atoms with Gasteiger partial charge in [-0.25, -0.2) is 13.4 Å². The average molecular weight is 526 g/mol. The molecule has 3 aromatic rings. The van der Waals surface area contributed by atoms with Crippen molar-refractivity contribution in [2.75, 3.05) is 39.2 Å². The Morgan fingerprint density at radius 3 is 2.29 bits per heavy atom. The fourth-order valence-corrected chi connectivity index (χ4v) is 5.50. The van der Waals surface area contributed by atoms with Gasteiger partial charge < -0.3 is 9.64 Å². The van der Waals surface area contributed by atoms with Gasteiger partial charge in [0.1, 0.15) is 11.3 Å². The van der Waals surface area contributed by atoms with E-state index in [-0.39, 0.29) is 29.6 Å². The fraction of sp³-hybridized carbons (Fsp3) is 0.417. The number of fused-ring (bicyclic) bond motifs is 1. The first-order chi connectivity index (χ1) is 15.5. The third-order valence-electron chi connectivity index (χ3n) is 5.44. The number of hydrogen-bond acceptors (Lipinski definition) is 7. The molecule has 0 bridgehead atoms. The zero-order chi connectivity index (χ0) is 24.3. The number of nitrogens with zero attached hydrogens (tertiary/aromatic N) is 3. The molecule has 3 rings (SSSR count). The molecule has 0 aliphatic rings. The lowest BCUT2D eigenvalue weighted by Crippen LogP contribution is -2.37. The summed E-state index contributed by atoms with van der Waals surface area (Å²) in [7, 11) is 2.19. The second kappa shape index (κ2) is 11.5. The first kappa shape index (κ1) is 28.0. The molecule has 0 aliphatic carbocycles. The molecule has 0 spiro atoms. The third kappa shape index (κ3) is 6.07. The number of aromatic nitrogens is 1. The molecule has 0 N–H and O–H groups in total. The number of ether oxygens (including phenoxy) is 1. The van der Waals surface area contributed by atoms with Crippen LogP contribution in [0.5, 0.6) is 5.75 Å². The van der Waals surface area contributed by atoms with E-state index < -0.39 is 15.1 Å². The van der Waals surface area contributed by atoms with Gasteiger partial charge >= 0.3 is 0 Å². The van der Waals surface area contributed by atoms with Gasteiger partial charge in [0.2, 0.25) is 5.91 Å². The van der Waals surface area contributed by atoms with Crippen LogP contribution in [0.1, 0.15) is 25.0 Å². The number of methoxy groups -OCH3 is 1. The maximum absolute atomic E-state index is 13.4. The molecular formula is C24H32ClN3O4S2. The second-order valence-corrected chi connectivity index (χ2v) is 12.0. The van der Waals surface area contributed by atoms with Gasteiger partial charge in [0, 0.05) is 13.1 Å². The highest BCUT2D eigenvalue weighted by Gasteiger charge is 2.23. The van der Waals surface area contributed by atoms with E-state index >= 15 is 0 Å². The molecule has 7 nitrogen and oxygen atoms in total. The Kier molecular flexibility index (Phi) is 9.47. The number of hydrogen-bond donors (Lipinski definition) is 0. The van der Waals surface area contributed by atoms with E-state index in [0.29, 0.717) is 24.0 Å². The molecular weight excluding hydrogens is 494 g/mol. The van der Waals surface area contributed by atoms with Crippen molar-refractivity contribution in [3.8, 4) is 5.75 Å². The second-order valence-electron chi connectivity index (χ2n) is 8.52. The minimum absolute atomic E-state index is 0. The van der Waals surface area contributed by atoms with Crippen molar-refractivity contribution in [1.82, 2.24) is 9.88 Å². The topological polar surface area (TPSA) is 79.8 Å². The monoisotopic (exact) mass is 525 g/mol. The Morgan fingerprint density at radius 1 is 1.09 bits per heavy atom. The van der Waals surface area contributed by atoms with E-state index in [4.69, 9.17) is 9.72 Å². The summed E-state index contributed by atoms with van der Waals surface area (Å²) in [6.07, 6.45) is 0.154. The molecule has 1 aromatic heterocycles. The number of sulfone groups is 1. The van der Waals surface area contributed by atoms with Crippen LogP contribution in [0.25, 0.3) is 10.2 Å². The van der Waals surface area contributed by atoms with E-state index in [1.807, 2.05) is 38.1 Å². The van der Waals surface area contributed by atoms with Crippen LogP contribution in [0.2, 0.25) is 0 Å². The summed E-state index contributed by atoms with van der Waals surface area (Å²) in [5, 5.41) is 0.134. The number of benzene rings is 2. The smallest absolute Gasteiger partial charge is 0.233 e. The van der Waals surface area contributed by atoms with Gasteiger partial charge in [-0.05, 0) is 64.2 Å². The molecule has 10 heteroatoms. The van der Waals surface area contributed by atoms with E-state index in [1.54, 1.807) is 50.1 Å². The Morgan fingerprint density at radius 2 is 1.74 bits per heavy atom. The van der Waals surface area contributed by atoms with Gasteiger partial charge in [0.05, 0.1) is 28.4 Å². The van der Waals surface area contributed by atoms with E-state index in [2.05, 4.69) is 0 Å². The first-order valence-electron chi connectivity index (χ1n) is 10.8. The van der Waals surface area contributed by atoms with Crippen molar-refractivity contribution in [3.63, 3.8) is 0 Å². The molecule has 0 fully saturated rings. The van der Waals surface area contributed by atoms with Crippen molar-refractivity contribution in [2.45, 2.75) is 37.3 Å². The van der Waals surface area contributed by atoms with Crippen LogP contribution in [0, 0.1) is 6.92 Å². The molecule has 2 aromatic carbocycles. The number of thiazole rings is 1. The summed E-state index contributed by atoms with van der Waals surface area (Å²) in [4.78, 5) is 22.1. The van der Waals surface area contributed by atoms with Gasteiger partial charge in [-0.1, -0.05) is 29.5 Å². The molecule has 1 amide bonds. The van der Waals surface area contributed by atoms with E-state index in [1.165, 1.54) is 11.3 Å². The zero-order valence-corrected chi connectivity index (χ0v) is 22.8. The van der Waals surface area contributed by atoms with Gasteiger partial charge in [-0.15, -0.1) is 12.4 Å². The highest BCUT2D eigenvalue weighted by atomic mass is 35.5. The molecule has 1 heterocycles. The number of amides is 1. The SMILES string of the molecule is COc1ccc(C)c2sc(N(CCN(C)C)C(=O)Cc3ccc(S(=O)(=O)C(C)C)cc3)nc12.Cl. The van der Waals surface area contributed by atoms with Crippen molar-refractivity contribution in [3.05, 3.63) is 47.5 Å². The van der Waals surface area contributed by atoms with Crippen LogP contribution in [0.4, 0.5) is 5.13 Å². The lowest BCUT2D eigenvalue weighted by atomic mass is 10.1. The van der Waals surface area contributed by atoms with E-state index in [0.717, 1.165) is 21.3 Å². The fourth-order valence-electron chi connectivity index (χ4n) is 3.34. The lowest BCUT2D eigenvalue weighted by molar-refractivity contribution is -0.118. The largest absolute Gasteiger partial charge is 0.494 e. The quantitative estimate of drug-likeness (QED) is 0.413. The van der Waals surface area contributed by atoms with Gasteiger partial charge in [-0.2, -0.15) is 0 Å². The normalized spacial score (nSPS) is 11.6. The molecule has 0 aliphatic heterocycles. The minimum Gasteiger partial charge on any atom is -0.494 e. The van der Waals surface area contributed by atoms with Gasteiger partial charge in [0.25, 0.3) is 0 Å². The molecule has 186 valence electrons. The van der Waals surface area contributed by atoms with Crippen molar-refractivity contribution >= 4 is 54.8 Å². The predicted molar refractivity (Wildman–Crippen MR) is 142 cm³/mol. The predicted octanol–water partition coefficient (Wildman–Crippen LogP) is 4.35. The standard InChI is InChI=1S/C24H31N3O4S2.ClH/c1-16(2)33(29,30)19-10-8-18(9-11-19)15-21(28)27(14-13-26(4)5)24-25-22-20(31-6)12-7-17(3)23(22)32-24;/h7-12,16H,13-15H2,1-6H3;1H. The summed E-state index contributed by atoms with van der Waals surface area (Å²) in [5.41, 5.74) is 2.59. The number of rotatable bonds is 9. The molecule has 0 saturated carbocycles. The maximum Gasteiger partial charge on any atom is 0.233 e. The van der Waals surface area contributed by atoms with Crippen molar-refractivity contribution in [1.29, 1.82) is 0 Å². The third-order valence-corrected chi connectivity index (χ3v) is 8.83. The zero-order valence-electron chi connectivity index (χ0n) is 20.4. The Balaban J connectivity index is 0.00000408. The van der Waals surface area contributed by atoms with Crippen LogP contribution < -0.4 is 9.64 Å². The number of carbonyl (C=O) groups is 1. The number of anilines is 1. The molecule has 0 radical (unpaired) electrons. The van der Waals surface area contributed by atoms with Crippen LogP contribution in [0.15, 0.2) is 41.3 Å². The molecule has 34 heavy (non-hydrogen) atoms. The summed E-state index contributed by atoms with van der Waals surface area (Å²) in [6.45, 7) is 6.51. The highest BCUT2D eigenvalue weighted by molar-refractivity contribution is 7.92. The summed E-state index contributed by atoms with van der Waals surface area (Å²) in [5.74, 6) is 0.590. The Hall–Kier alpha value is -2.20. The van der Waals surface area contributed by atoms with Crippen LogP contribution in [-0.2, 0) is 21.1 Å². The maximum atomic E-state index is 13.4. The number of likely N-dealkylation sites (N-methyl/N-ethyl adjacent to an activating group) is 1. The summed E-state index contributed by atoms with van der Waals surface area (Å²) in [6, 6.07) is 10.5. The van der Waals surface area contributed by atoms with Crippen LogP contribution in [0.3, 0.4) is 0 Å². The lowest BCUT2D eigenvalue weighted by Gasteiger charge is -2.22. The number of aryl methyl sites for hydroxylation is 1. The van der Waals surface area contributed by atoms with Crippen molar-refractivity contribution in [2.24, 2.45) is 0 Å². The number of halogens is 1. The van der Waals surface area contributed by atoms with E-state index in [9.17, 15) is 13.2 Å². The molecule has 0 unspecified atom stereocenters. The Bertz CT molecular complexity index is 1240. The van der Waals surface area contributed by atoms with Crippen molar-refractivity contribution < 1.29 is 17.9 Å². The van der Waals surface area contributed by atoms with Gasteiger partial charge in [0.15, 0.2) is 15.0 Å². The Labute approximate surface area is 212 Å². The van der Waals surface area contributed by atoms with Gasteiger partial charge in [-0.3, -0.25) is 9.69 Å². The average Bonchev–Trinajstić information content (AvgIpc) is 3.20. The minimum atomic E-state index is -3.35. The molecule has 0 atom stereocenters. The summed E-state index contributed by atoms with van der Waals surface area (Å²) < 4.78 is 31.2. The van der Waals surface area contributed by atoms with Crippen LogP contribution in [-0.4, -0.2) is 63.8 Å². The van der Waals surface area contributed by atoms with Crippen LogP contribution >= 0.6 is 23.7 Å². The first-order valence-corrected chi connectivity index (χ1v) is 13.1. The number of carbonyl (C=O) groups excluding carboxylic acids is 1.